The lowest BCUT2D eigenvalue weighted by atomic mass is 10.2. The summed E-state index contributed by atoms with van der Waals surface area (Å²) >= 11 is 5.79. The Morgan fingerprint density at radius 1 is 1.58 bits per heavy atom. The van der Waals surface area contributed by atoms with Crippen LogP contribution in [0.4, 0.5) is 0 Å². The molecule has 1 aliphatic rings. The molecule has 0 spiro atoms. The lowest BCUT2D eigenvalue weighted by Gasteiger charge is -2.12. The van der Waals surface area contributed by atoms with Crippen molar-refractivity contribution in [2.24, 2.45) is 5.92 Å². The smallest absolute Gasteiger partial charge is 0.235 e. The molecule has 1 fully saturated rings. The van der Waals surface area contributed by atoms with Gasteiger partial charge in [0.25, 0.3) is 0 Å². The highest BCUT2D eigenvalue weighted by Crippen LogP contribution is 2.32. The van der Waals surface area contributed by atoms with E-state index in [4.69, 9.17) is 11.6 Å². The zero-order valence-corrected chi connectivity index (χ0v) is 12.0. The lowest BCUT2D eigenvalue weighted by molar-refractivity contribution is -0.119. The van der Waals surface area contributed by atoms with Gasteiger partial charge in [0.2, 0.25) is 15.7 Å². The number of sulfone groups is 1. The van der Waals surface area contributed by atoms with Crippen LogP contribution >= 0.6 is 11.6 Å². The third kappa shape index (κ3) is 3.67. The van der Waals surface area contributed by atoms with Crippen molar-refractivity contribution in [2.75, 3.05) is 5.75 Å². The van der Waals surface area contributed by atoms with Crippen LogP contribution < -0.4 is 5.32 Å². The first-order valence-electron chi connectivity index (χ1n) is 6.03. The summed E-state index contributed by atoms with van der Waals surface area (Å²) in [5.74, 6) is -0.660. The molecule has 1 saturated carbocycles. The minimum Gasteiger partial charge on any atom is -0.352 e. The molecule has 0 aliphatic heterocycles. The average molecular weight is 303 g/mol. The second kappa shape index (κ2) is 5.46. The second-order valence-corrected chi connectivity index (χ2v) is 7.06. The third-order valence-corrected chi connectivity index (χ3v) is 5.03. The van der Waals surface area contributed by atoms with Crippen molar-refractivity contribution in [1.82, 2.24) is 10.3 Å². The standard InChI is InChI=1S/C12H15ClN2O3S/c1-8(9-4-5-9)15-11(16)7-19(17,18)12-10(13)3-2-6-14-12/h2-3,6,8-9H,4-5,7H2,1H3,(H,15,16)/t8-/m0/s1. The highest BCUT2D eigenvalue weighted by atomic mass is 35.5. The molecule has 0 bridgehead atoms. The van der Waals surface area contributed by atoms with Gasteiger partial charge in [-0.05, 0) is 37.8 Å². The van der Waals surface area contributed by atoms with E-state index in [-0.39, 0.29) is 16.1 Å². The fourth-order valence-electron chi connectivity index (χ4n) is 1.85. The van der Waals surface area contributed by atoms with Gasteiger partial charge in [-0.15, -0.1) is 0 Å². The highest BCUT2D eigenvalue weighted by molar-refractivity contribution is 7.92. The molecule has 1 aliphatic carbocycles. The molecule has 0 saturated heterocycles. The minimum absolute atomic E-state index is 0.0157. The van der Waals surface area contributed by atoms with Crippen LogP contribution in [0.15, 0.2) is 23.4 Å². The lowest BCUT2D eigenvalue weighted by Crippen LogP contribution is -2.38. The largest absolute Gasteiger partial charge is 0.352 e. The number of carbonyl (C=O) groups is 1. The van der Waals surface area contributed by atoms with Gasteiger partial charge in [-0.3, -0.25) is 4.79 Å². The maximum atomic E-state index is 12.0. The van der Waals surface area contributed by atoms with Crippen molar-refractivity contribution < 1.29 is 13.2 Å². The van der Waals surface area contributed by atoms with Crippen molar-refractivity contribution in [1.29, 1.82) is 0 Å². The molecule has 7 heteroatoms. The van der Waals surface area contributed by atoms with Gasteiger partial charge in [0.1, 0.15) is 5.75 Å². The summed E-state index contributed by atoms with van der Waals surface area (Å²) in [6.45, 7) is 1.88. The summed E-state index contributed by atoms with van der Waals surface area (Å²) in [6, 6.07) is 2.99. The Kier molecular flexibility index (Phi) is 4.10. The molecule has 104 valence electrons. The number of nitrogens with one attached hydrogen (secondary N) is 1. The average Bonchev–Trinajstić information content (AvgIpc) is 3.11. The molecular formula is C12H15ClN2O3S. The zero-order valence-electron chi connectivity index (χ0n) is 10.5. The maximum absolute atomic E-state index is 12.0. The quantitative estimate of drug-likeness (QED) is 0.892. The Labute approximate surface area is 117 Å². The molecule has 1 heterocycles. The summed E-state index contributed by atoms with van der Waals surface area (Å²) in [4.78, 5) is 15.5. The van der Waals surface area contributed by atoms with Gasteiger partial charge in [0.05, 0.1) is 5.02 Å². The number of hydrogen-bond acceptors (Lipinski definition) is 4. The maximum Gasteiger partial charge on any atom is 0.235 e. The normalized spacial score (nSPS) is 16.9. The Morgan fingerprint density at radius 3 is 2.84 bits per heavy atom. The Bertz CT molecular complexity index is 584. The van der Waals surface area contributed by atoms with E-state index in [2.05, 4.69) is 10.3 Å². The van der Waals surface area contributed by atoms with Crippen molar-refractivity contribution in [3.63, 3.8) is 0 Å². The molecule has 1 amide bonds. The first-order valence-corrected chi connectivity index (χ1v) is 8.06. The molecule has 5 nitrogen and oxygen atoms in total. The first kappa shape index (κ1) is 14.3. The van der Waals surface area contributed by atoms with Crippen molar-refractivity contribution in [2.45, 2.75) is 30.8 Å². The number of amides is 1. The number of rotatable bonds is 5. The summed E-state index contributed by atoms with van der Waals surface area (Å²) in [5, 5.41) is 2.49. The summed E-state index contributed by atoms with van der Waals surface area (Å²) in [6.07, 6.45) is 3.50. The van der Waals surface area contributed by atoms with Gasteiger partial charge < -0.3 is 5.32 Å². The van der Waals surface area contributed by atoms with Gasteiger partial charge >= 0.3 is 0 Å². The van der Waals surface area contributed by atoms with Crippen molar-refractivity contribution in [3.8, 4) is 0 Å². The first-order chi connectivity index (χ1) is 8.90. The predicted molar refractivity (Wildman–Crippen MR) is 71.6 cm³/mol. The van der Waals surface area contributed by atoms with Gasteiger partial charge in [-0.2, -0.15) is 0 Å². The van der Waals surface area contributed by atoms with Gasteiger partial charge in [0.15, 0.2) is 5.03 Å². The van der Waals surface area contributed by atoms with Crippen LogP contribution in [-0.2, 0) is 14.6 Å². The number of nitrogens with zero attached hydrogens (tertiary/aromatic N) is 1. The van der Waals surface area contributed by atoms with E-state index in [0.29, 0.717) is 5.92 Å². The Morgan fingerprint density at radius 2 is 2.26 bits per heavy atom. The summed E-state index contributed by atoms with van der Waals surface area (Å²) < 4.78 is 24.0. The number of halogens is 1. The third-order valence-electron chi connectivity index (χ3n) is 3.06. The predicted octanol–water partition coefficient (Wildman–Crippen LogP) is 1.42. The second-order valence-electron chi connectivity index (χ2n) is 4.74. The molecule has 19 heavy (non-hydrogen) atoms. The van der Waals surface area contributed by atoms with Crippen LogP contribution in [0.1, 0.15) is 19.8 Å². The summed E-state index contributed by atoms with van der Waals surface area (Å²) in [5.41, 5.74) is 0. The molecule has 1 aromatic rings. The number of hydrogen-bond donors (Lipinski definition) is 1. The summed E-state index contributed by atoms with van der Waals surface area (Å²) in [7, 11) is -3.80. The van der Waals surface area contributed by atoms with E-state index >= 15 is 0 Å². The molecule has 1 N–H and O–H groups in total. The minimum atomic E-state index is -3.80. The van der Waals surface area contributed by atoms with Crippen molar-refractivity contribution >= 4 is 27.3 Å². The van der Waals surface area contributed by atoms with E-state index in [1.54, 1.807) is 0 Å². The SMILES string of the molecule is C[C@H](NC(=O)CS(=O)(=O)c1ncccc1Cl)C1CC1. The van der Waals surface area contributed by atoms with E-state index in [1.165, 1.54) is 18.3 Å². The van der Waals surface area contributed by atoms with E-state index in [0.717, 1.165) is 12.8 Å². The van der Waals surface area contributed by atoms with E-state index < -0.39 is 21.5 Å². The van der Waals surface area contributed by atoms with Crippen LogP contribution in [0, 0.1) is 5.92 Å². The van der Waals surface area contributed by atoms with Gasteiger partial charge in [-0.25, -0.2) is 13.4 Å². The molecule has 1 atom stereocenters. The van der Waals surface area contributed by atoms with Crippen LogP contribution in [0.25, 0.3) is 0 Å². The fourth-order valence-corrected chi connectivity index (χ4v) is 3.48. The highest BCUT2D eigenvalue weighted by Gasteiger charge is 2.30. The van der Waals surface area contributed by atoms with E-state index in [9.17, 15) is 13.2 Å². The van der Waals surface area contributed by atoms with E-state index in [1.807, 2.05) is 6.92 Å². The molecular weight excluding hydrogens is 288 g/mol. The monoisotopic (exact) mass is 302 g/mol. The fraction of sp³-hybridized carbons (Fsp3) is 0.500. The number of pyridine rings is 1. The molecule has 0 aromatic carbocycles. The Balaban J connectivity index is 2.04. The molecule has 2 rings (SSSR count). The molecule has 0 radical (unpaired) electrons. The van der Waals surface area contributed by atoms with Crippen LogP contribution in [0.5, 0.6) is 0 Å². The van der Waals surface area contributed by atoms with Crippen LogP contribution in [0.2, 0.25) is 5.02 Å². The van der Waals surface area contributed by atoms with Crippen LogP contribution in [-0.4, -0.2) is 31.1 Å². The van der Waals surface area contributed by atoms with Gasteiger partial charge in [0, 0.05) is 12.2 Å². The van der Waals surface area contributed by atoms with Crippen molar-refractivity contribution in [3.05, 3.63) is 23.4 Å². The molecule has 0 unspecified atom stereocenters. The van der Waals surface area contributed by atoms with Gasteiger partial charge in [-0.1, -0.05) is 11.6 Å². The number of aromatic nitrogens is 1. The number of carbonyl (C=O) groups excluding carboxylic acids is 1. The zero-order chi connectivity index (χ0) is 14.0. The topological polar surface area (TPSA) is 76.1 Å². The molecule has 1 aromatic heterocycles. The Hall–Kier alpha value is -1.14. The van der Waals surface area contributed by atoms with Crippen LogP contribution in [0.3, 0.4) is 0 Å².